The summed E-state index contributed by atoms with van der Waals surface area (Å²) in [5.74, 6) is -1.32. The van der Waals surface area contributed by atoms with Crippen molar-refractivity contribution < 1.29 is 33.6 Å². The van der Waals surface area contributed by atoms with Crippen LogP contribution in [0, 0.1) is 6.92 Å². The molecule has 2 N–H and O–H groups in total. The Morgan fingerprint density at radius 3 is 2.52 bits per heavy atom. The van der Waals surface area contributed by atoms with Gasteiger partial charge in [0, 0.05) is 11.6 Å². The maximum atomic E-state index is 12.2. The maximum absolute atomic E-state index is 12.2. The number of aryl methyl sites for hydroxylation is 1. The molecule has 25 heavy (non-hydrogen) atoms. The number of carbonyl (C=O) groups is 1. The third kappa shape index (κ3) is 2.86. The summed E-state index contributed by atoms with van der Waals surface area (Å²) >= 11 is 0. The molecule has 0 spiro atoms. The monoisotopic (exact) mass is 348 g/mol. The fourth-order valence-electron chi connectivity index (χ4n) is 2.79. The molecule has 2 unspecified atom stereocenters. The van der Waals surface area contributed by atoms with Gasteiger partial charge in [0.05, 0.1) is 13.2 Å². The zero-order chi connectivity index (χ0) is 18.3. The van der Waals surface area contributed by atoms with E-state index < -0.39 is 29.6 Å². The Kier molecular flexibility index (Phi) is 4.03. The molecular formula is C17H16O8. The van der Waals surface area contributed by atoms with E-state index in [1.165, 1.54) is 19.2 Å². The lowest BCUT2D eigenvalue weighted by Crippen LogP contribution is -2.33. The van der Waals surface area contributed by atoms with Crippen LogP contribution in [0.5, 0.6) is 23.0 Å². The average molecular weight is 348 g/mol. The van der Waals surface area contributed by atoms with Crippen LogP contribution in [0.15, 0.2) is 27.4 Å². The van der Waals surface area contributed by atoms with Crippen LogP contribution in [0.2, 0.25) is 0 Å². The second kappa shape index (κ2) is 6.04. The lowest BCUT2D eigenvalue weighted by atomic mass is 9.94. The maximum Gasteiger partial charge on any atom is 0.342 e. The smallest absolute Gasteiger partial charge is 0.342 e. The Balaban J connectivity index is 2.11. The van der Waals surface area contributed by atoms with E-state index in [0.29, 0.717) is 5.76 Å². The Labute approximate surface area is 142 Å². The van der Waals surface area contributed by atoms with Crippen LogP contribution in [-0.2, 0) is 4.74 Å². The third-order valence-corrected chi connectivity index (χ3v) is 3.83. The van der Waals surface area contributed by atoms with E-state index in [2.05, 4.69) is 0 Å². The van der Waals surface area contributed by atoms with Gasteiger partial charge < -0.3 is 28.8 Å². The van der Waals surface area contributed by atoms with Gasteiger partial charge in [0.1, 0.15) is 23.2 Å². The van der Waals surface area contributed by atoms with Crippen LogP contribution in [0.25, 0.3) is 0 Å². The van der Waals surface area contributed by atoms with E-state index in [1.54, 1.807) is 13.8 Å². The fraction of sp³-hybridized carbons (Fsp3) is 0.294. The molecule has 0 radical (unpaired) electrons. The number of carbonyl (C=O) groups excluding carboxylic acids is 1. The minimum absolute atomic E-state index is 0.155. The highest BCUT2D eigenvalue weighted by molar-refractivity contribution is 5.97. The van der Waals surface area contributed by atoms with Crippen molar-refractivity contribution in [3.8, 4) is 23.0 Å². The molecule has 2 aromatic rings. The molecule has 0 saturated heterocycles. The number of rotatable bonds is 3. The molecule has 1 aliphatic heterocycles. The van der Waals surface area contributed by atoms with Crippen LogP contribution in [0.4, 0.5) is 0 Å². The number of ether oxygens (including phenoxy) is 3. The molecule has 0 saturated carbocycles. The number of fused-ring (bicyclic) bond motifs is 1. The molecular weight excluding hydrogens is 332 g/mol. The Morgan fingerprint density at radius 2 is 1.88 bits per heavy atom. The summed E-state index contributed by atoms with van der Waals surface area (Å²) in [6.07, 6.45) is -1.57. The van der Waals surface area contributed by atoms with Crippen molar-refractivity contribution in [2.45, 2.75) is 26.1 Å². The molecule has 8 nitrogen and oxygen atoms in total. The quantitative estimate of drug-likeness (QED) is 0.810. The third-order valence-electron chi connectivity index (χ3n) is 3.83. The first-order chi connectivity index (χ1) is 11.8. The number of aromatic hydroxyl groups is 2. The molecule has 132 valence electrons. The van der Waals surface area contributed by atoms with Gasteiger partial charge >= 0.3 is 11.6 Å². The van der Waals surface area contributed by atoms with Gasteiger partial charge in [0.25, 0.3) is 0 Å². The molecule has 0 bridgehead atoms. The summed E-state index contributed by atoms with van der Waals surface area (Å²) in [6.45, 7) is 3.19. The number of esters is 1. The first-order valence-corrected chi connectivity index (χ1v) is 7.44. The lowest BCUT2D eigenvalue weighted by molar-refractivity contribution is -0.0131. The number of hydrogen-bond acceptors (Lipinski definition) is 8. The van der Waals surface area contributed by atoms with E-state index in [9.17, 15) is 19.8 Å². The van der Waals surface area contributed by atoms with Crippen molar-refractivity contribution in [1.82, 2.24) is 0 Å². The van der Waals surface area contributed by atoms with E-state index in [0.717, 1.165) is 6.07 Å². The molecule has 1 aromatic carbocycles. The van der Waals surface area contributed by atoms with Gasteiger partial charge in [0.2, 0.25) is 5.75 Å². The Morgan fingerprint density at radius 1 is 1.16 bits per heavy atom. The molecule has 0 fully saturated rings. The van der Waals surface area contributed by atoms with Crippen LogP contribution < -0.4 is 15.1 Å². The van der Waals surface area contributed by atoms with Gasteiger partial charge in [-0.1, -0.05) is 0 Å². The summed E-state index contributed by atoms with van der Waals surface area (Å²) in [4.78, 5) is 23.7. The first kappa shape index (κ1) is 16.7. The number of cyclic esters (lactones) is 1. The highest BCUT2D eigenvalue weighted by atomic mass is 16.6. The summed E-state index contributed by atoms with van der Waals surface area (Å²) < 4.78 is 20.8. The van der Waals surface area contributed by atoms with Crippen LogP contribution in [-0.4, -0.2) is 29.4 Å². The highest BCUT2D eigenvalue weighted by Gasteiger charge is 2.39. The van der Waals surface area contributed by atoms with Gasteiger partial charge in [-0.05, 0) is 19.9 Å². The van der Waals surface area contributed by atoms with Crippen LogP contribution in [0.3, 0.4) is 0 Å². The minimum Gasteiger partial charge on any atom is -0.504 e. The highest BCUT2D eigenvalue weighted by Crippen LogP contribution is 2.46. The molecule has 2 heterocycles. The fourth-order valence-corrected chi connectivity index (χ4v) is 2.79. The molecule has 8 heteroatoms. The van der Waals surface area contributed by atoms with E-state index in [1.807, 2.05) is 0 Å². The van der Waals surface area contributed by atoms with Gasteiger partial charge in [0.15, 0.2) is 17.6 Å². The average Bonchev–Trinajstić information content (AvgIpc) is 2.50. The summed E-state index contributed by atoms with van der Waals surface area (Å²) in [7, 11) is 1.25. The molecule has 1 aromatic heterocycles. The van der Waals surface area contributed by atoms with Crippen molar-refractivity contribution >= 4 is 5.97 Å². The van der Waals surface area contributed by atoms with Gasteiger partial charge in [-0.15, -0.1) is 0 Å². The van der Waals surface area contributed by atoms with E-state index in [4.69, 9.17) is 18.6 Å². The summed E-state index contributed by atoms with van der Waals surface area (Å²) in [5, 5.41) is 20.3. The SMILES string of the molecule is COc1c(O)cc2c(c1O)C(=O)OC(C)C2Oc1cc(C)oc(=O)c1. The van der Waals surface area contributed by atoms with Gasteiger partial charge in [-0.25, -0.2) is 9.59 Å². The number of phenols is 2. The largest absolute Gasteiger partial charge is 0.504 e. The first-order valence-electron chi connectivity index (χ1n) is 7.44. The molecule has 0 amide bonds. The second-order valence-corrected chi connectivity index (χ2v) is 5.61. The summed E-state index contributed by atoms with van der Waals surface area (Å²) in [6, 6.07) is 3.93. The van der Waals surface area contributed by atoms with Crippen molar-refractivity contribution in [2.75, 3.05) is 7.11 Å². The number of hydrogen-bond donors (Lipinski definition) is 2. The second-order valence-electron chi connectivity index (χ2n) is 5.61. The van der Waals surface area contributed by atoms with Crippen molar-refractivity contribution in [3.63, 3.8) is 0 Å². The van der Waals surface area contributed by atoms with Crippen LogP contribution >= 0.6 is 0 Å². The number of phenolic OH excluding ortho intramolecular Hbond substituents is 2. The Bertz CT molecular complexity index is 898. The predicted molar refractivity (Wildman–Crippen MR) is 84.3 cm³/mol. The lowest BCUT2D eigenvalue weighted by Gasteiger charge is -2.31. The van der Waals surface area contributed by atoms with E-state index >= 15 is 0 Å². The number of methoxy groups -OCH3 is 1. The van der Waals surface area contributed by atoms with Crippen LogP contribution in [0.1, 0.15) is 34.7 Å². The van der Waals surface area contributed by atoms with Crippen molar-refractivity contribution in [1.29, 1.82) is 0 Å². The van der Waals surface area contributed by atoms with Gasteiger partial charge in [-0.3, -0.25) is 0 Å². The normalized spacial score (nSPS) is 19.1. The van der Waals surface area contributed by atoms with Gasteiger partial charge in [-0.2, -0.15) is 0 Å². The molecule has 2 atom stereocenters. The zero-order valence-electron chi connectivity index (χ0n) is 13.7. The van der Waals surface area contributed by atoms with E-state index in [-0.39, 0.29) is 28.4 Å². The molecule has 0 aliphatic carbocycles. The summed E-state index contributed by atoms with van der Waals surface area (Å²) in [5.41, 5.74) is -0.515. The minimum atomic E-state index is -0.850. The number of benzene rings is 1. The predicted octanol–water partition coefficient (Wildman–Crippen LogP) is 2.05. The molecule has 1 aliphatic rings. The van der Waals surface area contributed by atoms with Crippen molar-refractivity contribution in [3.05, 3.63) is 45.5 Å². The van der Waals surface area contributed by atoms with Crippen molar-refractivity contribution in [2.24, 2.45) is 0 Å². The standard InChI is InChI=1S/C17H16O8/c1-7-4-9(5-12(19)23-7)25-15-8(2)24-17(21)13-10(15)6-11(18)16(22-3)14(13)20/h4-6,8,15,18,20H,1-3H3. The Hall–Kier alpha value is -3.16. The molecule has 3 rings (SSSR count). The zero-order valence-corrected chi connectivity index (χ0v) is 13.7. The topological polar surface area (TPSA) is 115 Å².